The van der Waals surface area contributed by atoms with Gasteiger partial charge in [0, 0.05) is 12.6 Å². The van der Waals surface area contributed by atoms with Gasteiger partial charge in [0.25, 0.3) is 0 Å². The second kappa shape index (κ2) is 5.75. The first-order valence-electron chi connectivity index (χ1n) is 5.34. The molecule has 0 aromatic carbocycles. The van der Waals surface area contributed by atoms with Crippen LogP contribution in [0.15, 0.2) is 12.1 Å². The number of rotatable bonds is 4. The summed E-state index contributed by atoms with van der Waals surface area (Å²) in [6.07, 6.45) is -4.42. The number of likely N-dealkylation sites (N-methyl/N-ethyl adjacent to an activating group) is 1. The van der Waals surface area contributed by atoms with Gasteiger partial charge in [-0.05, 0) is 33.2 Å². The average Bonchev–Trinajstić information content (AvgIpc) is 2.13. The molecular weight excluding hydrogens is 267 g/mol. The van der Waals surface area contributed by atoms with Crippen molar-refractivity contribution in [1.29, 1.82) is 0 Å². The first-order chi connectivity index (χ1) is 8.18. The predicted molar refractivity (Wildman–Crippen MR) is 65.9 cm³/mol. The second-order valence-electron chi connectivity index (χ2n) is 4.37. The molecule has 7 heteroatoms. The Morgan fingerprint density at radius 3 is 2.50 bits per heavy atom. The molecule has 1 atom stereocenters. The minimum absolute atomic E-state index is 0.0351. The van der Waals surface area contributed by atoms with Crippen LogP contribution in [0.1, 0.15) is 12.5 Å². The fourth-order valence-electron chi connectivity index (χ4n) is 1.58. The van der Waals surface area contributed by atoms with Gasteiger partial charge in [0.1, 0.15) is 11.0 Å². The minimum atomic E-state index is -4.42. The van der Waals surface area contributed by atoms with Crippen molar-refractivity contribution in [1.82, 2.24) is 9.88 Å². The number of hydrogen-bond acceptors (Lipinski definition) is 3. The first kappa shape index (κ1) is 15.0. The van der Waals surface area contributed by atoms with Crippen LogP contribution >= 0.6 is 11.6 Å². The minimum Gasteiger partial charge on any atom is -0.366 e. The summed E-state index contributed by atoms with van der Waals surface area (Å²) >= 11 is 5.58. The van der Waals surface area contributed by atoms with Crippen LogP contribution < -0.4 is 5.32 Å². The van der Waals surface area contributed by atoms with Gasteiger partial charge in [-0.15, -0.1) is 0 Å². The number of nitrogens with zero attached hydrogens (tertiary/aromatic N) is 2. The normalized spacial score (nSPS) is 13.8. The van der Waals surface area contributed by atoms with E-state index in [1.165, 1.54) is 0 Å². The van der Waals surface area contributed by atoms with E-state index in [9.17, 15) is 13.2 Å². The van der Waals surface area contributed by atoms with Crippen molar-refractivity contribution >= 4 is 17.4 Å². The van der Waals surface area contributed by atoms with Crippen molar-refractivity contribution in [3.63, 3.8) is 0 Å². The highest BCUT2D eigenvalue weighted by Gasteiger charge is 2.31. The van der Waals surface area contributed by atoms with Gasteiger partial charge in [-0.2, -0.15) is 13.2 Å². The lowest BCUT2D eigenvalue weighted by atomic mass is 10.2. The zero-order valence-electron chi connectivity index (χ0n) is 10.3. The Morgan fingerprint density at radius 1 is 1.39 bits per heavy atom. The number of aromatic nitrogens is 1. The van der Waals surface area contributed by atoms with E-state index in [-0.39, 0.29) is 17.0 Å². The Morgan fingerprint density at radius 2 is 2.00 bits per heavy atom. The number of halogens is 4. The van der Waals surface area contributed by atoms with Gasteiger partial charge in [-0.25, -0.2) is 4.98 Å². The zero-order chi connectivity index (χ0) is 13.9. The number of pyridine rings is 1. The summed E-state index contributed by atoms with van der Waals surface area (Å²) < 4.78 is 37.7. The molecule has 3 nitrogen and oxygen atoms in total. The quantitative estimate of drug-likeness (QED) is 0.860. The van der Waals surface area contributed by atoms with Crippen LogP contribution in [0.2, 0.25) is 5.15 Å². The van der Waals surface area contributed by atoms with Crippen molar-refractivity contribution in [3.05, 3.63) is 22.8 Å². The van der Waals surface area contributed by atoms with Crippen molar-refractivity contribution < 1.29 is 13.2 Å². The molecule has 0 fully saturated rings. The molecule has 0 saturated carbocycles. The maximum Gasteiger partial charge on any atom is 0.416 e. The number of alkyl halides is 3. The Hall–Kier alpha value is -1.01. The monoisotopic (exact) mass is 281 g/mol. The van der Waals surface area contributed by atoms with Gasteiger partial charge >= 0.3 is 6.18 Å². The molecule has 0 amide bonds. The van der Waals surface area contributed by atoms with E-state index >= 15 is 0 Å². The highest BCUT2D eigenvalue weighted by atomic mass is 35.5. The average molecular weight is 282 g/mol. The van der Waals surface area contributed by atoms with Gasteiger partial charge in [0.2, 0.25) is 0 Å². The molecule has 0 aliphatic carbocycles. The van der Waals surface area contributed by atoms with Crippen molar-refractivity contribution in [2.75, 3.05) is 26.0 Å². The molecule has 0 saturated heterocycles. The topological polar surface area (TPSA) is 28.2 Å². The molecule has 18 heavy (non-hydrogen) atoms. The molecule has 1 rings (SSSR count). The summed E-state index contributed by atoms with van der Waals surface area (Å²) in [5.74, 6) is 0.129. The Kier molecular flexibility index (Phi) is 4.81. The SMILES string of the molecule is CC(CN(C)C)Nc1cc(C(F)(F)F)cc(Cl)n1. The molecule has 1 aromatic rings. The third-order valence-corrected chi connectivity index (χ3v) is 2.35. The molecule has 1 aromatic heterocycles. The van der Waals surface area contributed by atoms with Crippen LogP contribution in [0.4, 0.5) is 19.0 Å². The molecule has 0 bridgehead atoms. The lowest BCUT2D eigenvalue weighted by molar-refractivity contribution is -0.137. The van der Waals surface area contributed by atoms with Gasteiger partial charge in [0.15, 0.2) is 0 Å². The van der Waals surface area contributed by atoms with Crippen LogP contribution in [0.5, 0.6) is 0 Å². The summed E-state index contributed by atoms with van der Waals surface area (Å²) in [5.41, 5.74) is -0.804. The van der Waals surface area contributed by atoms with Gasteiger partial charge < -0.3 is 10.2 Å². The molecule has 0 aliphatic heterocycles. The Labute approximate surface area is 109 Å². The van der Waals surface area contributed by atoms with E-state index in [4.69, 9.17) is 11.6 Å². The lowest BCUT2D eigenvalue weighted by Crippen LogP contribution is -2.30. The smallest absolute Gasteiger partial charge is 0.366 e. The zero-order valence-corrected chi connectivity index (χ0v) is 11.1. The molecule has 1 heterocycles. The van der Waals surface area contributed by atoms with E-state index in [1.807, 2.05) is 25.9 Å². The maximum atomic E-state index is 12.6. The molecule has 0 aliphatic rings. The number of hydrogen-bond donors (Lipinski definition) is 1. The van der Waals surface area contributed by atoms with E-state index in [0.29, 0.717) is 6.54 Å². The van der Waals surface area contributed by atoms with Crippen molar-refractivity contribution in [3.8, 4) is 0 Å². The first-order valence-corrected chi connectivity index (χ1v) is 5.72. The highest BCUT2D eigenvalue weighted by molar-refractivity contribution is 6.29. The van der Waals surface area contributed by atoms with Gasteiger partial charge in [-0.1, -0.05) is 11.6 Å². The summed E-state index contributed by atoms with van der Waals surface area (Å²) in [4.78, 5) is 5.75. The third-order valence-electron chi connectivity index (χ3n) is 2.15. The van der Waals surface area contributed by atoms with E-state index in [1.54, 1.807) is 0 Å². The fraction of sp³-hybridized carbons (Fsp3) is 0.545. The predicted octanol–water partition coefficient (Wildman–Crippen LogP) is 3.12. The van der Waals surface area contributed by atoms with E-state index in [0.717, 1.165) is 12.1 Å². The standard InChI is InChI=1S/C11H15ClF3N3/c1-7(6-18(2)3)16-10-5-8(11(13,14)15)4-9(12)17-10/h4-5,7H,6H2,1-3H3,(H,16,17). The van der Waals surface area contributed by atoms with Crippen LogP contribution in [0.25, 0.3) is 0 Å². The van der Waals surface area contributed by atoms with Crippen LogP contribution in [0.3, 0.4) is 0 Å². The van der Waals surface area contributed by atoms with Crippen LogP contribution in [-0.4, -0.2) is 36.6 Å². The molecule has 102 valence electrons. The molecule has 1 N–H and O–H groups in total. The molecule has 0 radical (unpaired) electrons. The van der Waals surface area contributed by atoms with Gasteiger partial charge in [-0.3, -0.25) is 0 Å². The fourth-order valence-corrected chi connectivity index (χ4v) is 1.79. The van der Waals surface area contributed by atoms with Crippen molar-refractivity contribution in [2.45, 2.75) is 19.1 Å². The molecule has 1 unspecified atom stereocenters. The third kappa shape index (κ3) is 4.70. The van der Waals surface area contributed by atoms with Crippen LogP contribution in [-0.2, 0) is 6.18 Å². The van der Waals surface area contributed by atoms with E-state index < -0.39 is 11.7 Å². The largest absolute Gasteiger partial charge is 0.416 e. The van der Waals surface area contributed by atoms with E-state index in [2.05, 4.69) is 10.3 Å². The molecular formula is C11H15ClF3N3. The number of anilines is 1. The summed E-state index contributed by atoms with van der Waals surface area (Å²) in [5, 5.41) is 2.71. The maximum absolute atomic E-state index is 12.6. The summed E-state index contributed by atoms with van der Waals surface area (Å²) in [7, 11) is 3.76. The van der Waals surface area contributed by atoms with Crippen LogP contribution in [0, 0.1) is 0 Å². The molecule has 0 spiro atoms. The number of nitrogens with one attached hydrogen (secondary N) is 1. The van der Waals surface area contributed by atoms with Crippen molar-refractivity contribution in [2.24, 2.45) is 0 Å². The second-order valence-corrected chi connectivity index (χ2v) is 4.76. The Bertz CT molecular complexity index is 407. The lowest BCUT2D eigenvalue weighted by Gasteiger charge is -2.19. The summed E-state index contributed by atoms with van der Waals surface area (Å²) in [6, 6.07) is 1.73. The Balaban J connectivity index is 2.87. The van der Waals surface area contributed by atoms with Gasteiger partial charge in [0.05, 0.1) is 5.56 Å². The summed E-state index contributed by atoms with van der Waals surface area (Å²) in [6.45, 7) is 2.53. The highest BCUT2D eigenvalue weighted by Crippen LogP contribution is 2.32.